The topological polar surface area (TPSA) is 50.2 Å². The molecule has 1 aromatic heterocycles. The zero-order valence-electron chi connectivity index (χ0n) is 10.2. The summed E-state index contributed by atoms with van der Waals surface area (Å²) in [6, 6.07) is 14.3. The molecule has 0 aliphatic rings. The molecule has 0 spiro atoms. The first kappa shape index (κ1) is 12.5. The molecule has 2 atom stereocenters. The molecular formula is C15H15NO2. The van der Waals surface area contributed by atoms with Crippen LogP contribution in [-0.2, 0) is 0 Å². The number of aromatic nitrogens is 1. The normalized spacial score (nSPS) is 13.9. The number of rotatable bonds is 4. The molecule has 0 amide bonds. The van der Waals surface area contributed by atoms with Crippen LogP contribution < -0.4 is 0 Å². The van der Waals surface area contributed by atoms with Gasteiger partial charge in [0, 0.05) is 11.8 Å². The summed E-state index contributed by atoms with van der Waals surface area (Å²) < 4.78 is 0. The minimum atomic E-state index is -0.876. The lowest BCUT2D eigenvalue weighted by Gasteiger charge is -2.17. The van der Waals surface area contributed by atoms with Crippen molar-refractivity contribution in [2.45, 2.75) is 13.0 Å². The van der Waals surface area contributed by atoms with Gasteiger partial charge in [0.15, 0.2) is 5.78 Å². The Morgan fingerprint density at radius 1 is 1.11 bits per heavy atom. The van der Waals surface area contributed by atoms with E-state index < -0.39 is 12.0 Å². The summed E-state index contributed by atoms with van der Waals surface area (Å²) in [4.78, 5) is 16.2. The Hall–Kier alpha value is -2.00. The van der Waals surface area contributed by atoms with Crippen LogP contribution in [0.1, 0.15) is 29.1 Å². The first-order valence-corrected chi connectivity index (χ1v) is 5.88. The fourth-order valence-electron chi connectivity index (χ4n) is 1.82. The van der Waals surface area contributed by atoms with Crippen molar-refractivity contribution in [3.63, 3.8) is 0 Å². The predicted molar refractivity (Wildman–Crippen MR) is 69.1 cm³/mol. The SMILES string of the molecule is C[C@H](C(=O)c1ccccc1)[C@H](O)c1ccccn1. The number of nitrogens with zero attached hydrogens (tertiary/aromatic N) is 1. The van der Waals surface area contributed by atoms with Gasteiger partial charge >= 0.3 is 0 Å². The maximum absolute atomic E-state index is 12.2. The second-order valence-electron chi connectivity index (χ2n) is 4.22. The molecule has 1 N–H and O–H groups in total. The highest BCUT2D eigenvalue weighted by molar-refractivity contribution is 5.97. The Kier molecular flexibility index (Phi) is 3.85. The molecular weight excluding hydrogens is 226 g/mol. The molecule has 0 saturated heterocycles. The Balaban J connectivity index is 2.17. The molecule has 0 aliphatic heterocycles. The summed E-state index contributed by atoms with van der Waals surface area (Å²) in [5.74, 6) is -0.587. The van der Waals surface area contributed by atoms with Crippen LogP contribution in [0.25, 0.3) is 0 Å². The standard InChI is InChI=1S/C15H15NO2/c1-11(14(17)12-7-3-2-4-8-12)15(18)13-9-5-6-10-16-13/h2-11,15,18H,1H3/t11-,15+/m1/s1. The van der Waals surface area contributed by atoms with E-state index in [9.17, 15) is 9.90 Å². The number of hydrogen-bond acceptors (Lipinski definition) is 3. The average molecular weight is 241 g/mol. The van der Waals surface area contributed by atoms with Crippen LogP contribution in [0, 0.1) is 5.92 Å². The van der Waals surface area contributed by atoms with Gasteiger partial charge in [-0.05, 0) is 12.1 Å². The Morgan fingerprint density at radius 2 is 1.78 bits per heavy atom. The summed E-state index contributed by atoms with van der Waals surface area (Å²) >= 11 is 0. The second-order valence-corrected chi connectivity index (χ2v) is 4.22. The number of benzene rings is 1. The molecule has 0 saturated carbocycles. The van der Waals surface area contributed by atoms with E-state index >= 15 is 0 Å². The van der Waals surface area contributed by atoms with Crippen LogP contribution >= 0.6 is 0 Å². The number of ketones is 1. The average Bonchev–Trinajstić information content (AvgIpc) is 2.47. The van der Waals surface area contributed by atoms with E-state index in [4.69, 9.17) is 0 Å². The maximum Gasteiger partial charge on any atom is 0.168 e. The highest BCUT2D eigenvalue weighted by atomic mass is 16.3. The van der Waals surface area contributed by atoms with Gasteiger partial charge in [-0.15, -0.1) is 0 Å². The molecule has 3 heteroatoms. The van der Waals surface area contributed by atoms with Gasteiger partial charge < -0.3 is 5.11 Å². The Morgan fingerprint density at radius 3 is 2.39 bits per heavy atom. The molecule has 92 valence electrons. The van der Waals surface area contributed by atoms with Gasteiger partial charge in [0.2, 0.25) is 0 Å². The highest BCUT2D eigenvalue weighted by Gasteiger charge is 2.25. The van der Waals surface area contributed by atoms with Gasteiger partial charge in [-0.2, -0.15) is 0 Å². The fourth-order valence-corrected chi connectivity index (χ4v) is 1.82. The molecule has 2 aromatic rings. The number of aliphatic hydroxyl groups excluding tert-OH is 1. The number of Topliss-reactive ketones (excluding diaryl/α,β-unsaturated/α-hetero) is 1. The highest BCUT2D eigenvalue weighted by Crippen LogP contribution is 2.23. The summed E-state index contributed by atoms with van der Waals surface area (Å²) in [7, 11) is 0. The lowest BCUT2D eigenvalue weighted by Crippen LogP contribution is -2.20. The third-order valence-corrected chi connectivity index (χ3v) is 2.94. The van der Waals surface area contributed by atoms with Gasteiger partial charge in [0.05, 0.1) is 11.6 Å². The van der Waals surface area contributed by atoms with Crippen molar-refractivity contribution < 1.29 is 9.90 Å². The quantitative estimate of drug-likeness (QED) is 0.837. The number of aliphatic hydroxyl groups is 1. The van der Waals surface area contributed by atoms with Crippen molar-refractivity contribution in [2.75, 3.05) is 0 Å². The van der Waals surface area contributed by atoms with E-state index in [0.717, 1.165) is 0 Å². The van der Waals surface area contributed by atoms with Crippen LogP contribution in [0.15, 0.2) is 54.7 Å². The van der Waals surface area contributed by atoms with E-state index in [-0.39, 0.29) is 5.78 Å². The van der Waals surface area contributed by atoms with E-state index in [1.807, 2.05) is 18.2 Å². The van der Waals surface area contributed by atoms with Crippen molar-refractivity contribution in [1.29, 1.82) is 0 Å². The van der Waals surface area contributed by atoms with E-state index in [2.05, 4.69) is 4.98 Å². The maximum atomic E-state index is 12.2. The van der Waals surface area contributed by atoms with Crippen molar-refractivity contribution in [3.05, 3.63) is 66.0 Å². The summed E-state index contributed by atoms with van der Waals surface area (Å²) in [5.41, 5.74) is 1.13. The summed E-state index contributed by atoms with van der Waals surface area (Å²) in [5, 5.41) is 10.1. The van der Waals surface area contributed by atoms with E-state index in [1.165, 1.54) is 0 Å². The second kappa shape index (κ2) is 5.56. The molecule has 0 bridgehead atoms. The zero-order chi connectivity index (χ0) is 13.0. The Labute approximate surface area is 106 Å². The number of carbonyl (C=O) groups excluding carboxylic acids is 1. The largest absolute Gasteiger partial charge is 0.386 e. The molecule has 0 fully saturated rings. The fraction of sp³-hybridized carbons (Fsp3) is 0.200. The minimum Gasteiger partial charge on any atom is -0.386 e. The van der Waals surface area contributed by atoms with Crippen LogP contribution in [-0.4, -0.2) is 15.9 Å². The first-order valence-electron chi connectivity index (χ1n) is 5.88. The van der Waals surface area contributed by atoms with Gasteiger partial charge in [-0.3, -0.25) is 9.78 Å². The van der Waals surface area contributed by atoms with Crippen LogP contribution in [0.3, 0.4) is 0 Å². The Bertz CT molecular complexity index is 511. The van der Waals surface area contributed by atoms with Crippen molar-refractivity contribution >= 4 is 5.78 Å². The van der Waals surface area contributed by atoms with Gasteiger partial charge in [-0.1, -0.05) is 43.3 Å². The van der Waals surface area contributed by atoms with Crippen LogP contribution in [0.4, 0.5) is 0 Å². The monoisotopic (exact) mass is 241 g/mol. The molecule has 0 radical (unpaired) electrons. The molecule has 1 aromatic carbocycles. The summed E-state index contributed by atoms with van der Waals surface area (Å²) in [6.45, 7) is 1.72. The predicted octanol–water partition coefficient (Wildman–Crippen LogP) is 2.63. The van der Waals surface area contributed by atoms with Gasteiger partial charge in [0.1, 0.15) is 6.10 Å². The molecule has 0 unspecified atom stereocenters. The van der Waals surface area contributed by atoms with Gasteiger partial charge in [-0.25, -0.2) is 0 Å². The third kappa shape index (κ3) is 2.63. The summed E-state index contributed by atoms with van der Waals surface area (Å²) in [6.07, 6.45) is 0.733. The smallest absolute Gasteiger partial charge is 0.168 e. The molecule has 3 nitrogen and oxygen atoms in total. The third-order valence-electron chi connectivity index (χ3n) is 2.94. The van der Waals surface area contributed by atoms with Gasteiger partial charge in [0.25, 0.3) is 0 Å². The molecule has 0 aliphatic carbocycles. The molecule has 18 heavy (non-hydrogen) atoms. The van der Waals surface area contributed by atoms with Crippen molar-refractivity contribution in [2.24, 2.45) is 5.92 Å². The number of hydrogen-bond donors (Lipinski definition) is 1. The number of pyridine rings is 1. The molecule has 2 rings (SSSR count). The van der Waals surface area contributed by atoms with Crippen LogP contribution in [0.2, 0.25) is 0 Å². The van der Waals surface area contributed by atoms with E-state index in [0.29, 0.717) is 11.3 Å². The zero-order valence-corrected chi connectivity index (χ0v) is 10.2. The van der Waals surface area contributed by atoms with E-state index in [1.54, 1.807) is 43.5 Å². The van der Waals surface area contributed by atoms with Crippen molar-refractivity contribution in [3.8, 4) is 0 Å². The minimum absolute atomic E-state index is 0.0752. The lowest BCUT2D eigenvalue weighted by atomic mass is 9.92. The first-order chi connectivity index (χ1) is 8.70. The van der Waals surface area contributed by atoms with Crippen LogP contribution in [0.5, 0.6) is 0 Å². The molecule has 1 heterocycles. The lowest BCUT2D eigenvalue weighted by molar-refractivity contribution is 0.0702. The van der Waals surface area contributed by atoms with Crippen molar-refractivity contribution in [1.82, 2.24) is 4.98 Å². The number of carbonyl (C=O) groups is 1.